The first kappa shape index (κ1) is 21.1. The molecule has 4 heteroatoms. The molecule has 0 unspecified atom stereocenters. The largest absolute Gasteiger partial charge is 0.393 e. The third kappa shape index (κ3) is 2.68. The second-order valence-electron chi connectivity index (χ2n) is 12.9. The van der Waals surface area contributed by atoms with E-state index in [-0.39, 0.29) is 12.7 Å². The van der Waals surface area contributed by atoms with Gasteiger partial charge in [0, 0.05) is 12.3 Å². The maximum absolute atomic E-state index is 10.3. The molecular weight excluding hydrogens is 388 g/mol. The van der Waals surface area contributed by atoms with Gasteiger partial charge in [-0.05, 0) is 92.8 Å². The van der Waals surface area contributed by atoms with Crippen molar-refractivity contribution in [3.63, 3.8) is 0 Å². The molecule has 1 spiro atoms. The molecule has 2 N–H and O–H groups in total. The minimum Gasteiger partial charge on any atom is -0.393 e. The van der Waals surface area contributed by atoms with Crippen molar-refractivity contribution < 1.29 is 19.7 Å². The summed E-state index contributed by atoms with van der Waals surface area (Å²) < 4.78 is 13.4. The topological polar surface area (TPSA) is 58.9 Å². The van der Waals surface area contributed by atoms with Gasteiger partial charge in [-0.3, -0.25) is 0 Å². The molecule has 11 atom stereocenters. The van der Waals surface area contributed by atoms with E-state index in [1.807, 2.05) is 6.92 Å². The summed E-state index contributed by atoms with van der Waals surface area (Å²) in [6.07, 6.45) is 12.5. The second kappa shape index (κ2) is 6.58. The lowest BCUT2D eigenvalue weighted by Crippen LogP contribution is -2.52. The van der Waals surface area contributed by atoms with Crippen molar-refractivity contribution in [2.24, 2.45) is 40.4 Å². The lowest BCUT2D eigenvalue weighted by atomic mass is 9.47. The van der Waals surface area contributed by atoms with Crippen LogP contribution in [0.5, 0.6) is 0 Å². The van der Waals surface area contributed by atoms with Crippen molar-refractivity contribution in [1.29, 1.82) is 0 Å². The summed E-state index contributed by atoms with van der Waals surface area (Å²) in [7, 11) is 0. The Morgan fingerprint density at radius 2 is 1.87 bits per heavy atom. The van der Waals surface area contributed by atoms with Gasteiger partial charge in [-0.1, -0.05) is 32.4 Å². The number of aliphatic hydroxyl groups excluding tert-OH is 2. The highest BCUT2D eigenvalue weighted by atomic mass is 16.7. The van der Waals surface area contributed by atoms with E-state index < -0.39 is 11.4 Å². The summed E-state index contributed by atoms with van der Waals surface area (Å²) >= 11 is 0. The monoisotopic (exact) mass is 430 g/mol. The Bertz CT molecular complexity index is 794. The third-order valence-corrected chi connectivity index (χ3v) is 11.5. The Hall–Kier alpha value is -0.420. The maximum atomic E-state index is 10.3. The van der Waals surface area contributed by atoms with Crippen molar-refractivity contribution in [2.75, 3.05) is 6.61 Å². The average molecular weight is 431 g/mol. The first-order chi connectivity index (χ1) is 14.6. The Kier molecular flexibility index (Phi) is 4.49. The van der Waals surface area contributed by atoms with Crippen LogP contribution >= 0.6 is 0 Å². The zero-order chi connectivity index (χ0) is 21.8. The van der Waals surface area contributed by atoms with Gasteiger partial charge in [-0.2, -0.15) is 0 Å². The Balaban J connectivity index is 1.28. The molecule has 31 heavy (non-hydrogen) atoms. The van der Waals surface area contributed by atoms with Crippen LogP contribution in [0.25, 0.3) is 0 Å². The summed E-state index contributed by atoms with van der Waals surface area (Å²) in [5.74, 6) is 2.71. The molecule has 0 amide bonds. The number of ether oxygens (including phenoxy) is 2. The lowest BCUT2D eigenvalue weighted by Gasteiger charge is -2.58. The Morgan fingerprint density at radius 3 is 2.61 bits per heavy atom. The first-order valence-electron chi connectivity index (χ1n) is 13.0. The van der Waals surface area contributed by atoms with Crippen LogP contribution in [-0.2, 0) is 9.47 Å². The molecule has 5 fully saturated rings. The zero-order valence-corrected chi connectivity index (χ0v) is 19.9. The van der Waals surface area contributed by atoms with Crippen molar-refractivity contribution >= 4 is 0 Å². The van der Waals surface area contributed by atoms with Crippen LogP contribution in [0, 0.1) is 40.4 Å². The fourth-order valence-electron chi connectivity index (χ4n) is 9.79. The van der Waals surface area contributed by atoms with Gasteiger partial charge in [0.05, 0.1) is 24.4 Å². The summed E-state index contributed by atoms with van der Waals surface area (Å²) in [5.41, 5.74) is 1.73. The molecule has 4 aliphatic carbocycles. The molecule has 0 aromatic carbocycles. The van der Waals surface area contributed by atoms with Crippen LogP contribution in [0.2, 0.25) is 0 Å². The molecule has 0 bridgehead atoms. The SMILES string of the molecule is C[C@H]1[C@H]2[C@H](C[C@H]3[C@H]4CC=C5C[C@@H](O)CC[C@]5(C)[C@H]4CC[C@]23C)O[C@@]12CC[C@@](C)(CO)O2. The van der Waals surface area contributed by atoms with E-state index in [0.717, 1.165) is 49.9 Å². The quantitative estimate of drug-likeness (QED) is 0.585. The summed E-state index contributed by atoms with van der Waals surface area (Å²) in [6, 6.07) is 0. The van der Waals surface area contributed by atoms with Crippen molar-refractivity contribution in [2.45, 2.75) is 109 Å². The zero-order valence-electron chi connectivity index (χ0n) is 19.9. The molecule has 0 aromatic heterocycles. The van der Waals surface area contributed by atoms with Crippen LogP contribution in [0.3, 0.4) is 0 Å². The molecule has 6 aliphatic rings. The predicted molar refractivity (Wildman–Crippen MR) is 119 cm³/mol. The Morgan fingerprint density at radius 1 is 1.06 bits per heavy atom. The maximum Gasteiger partial charge on any atom is 0.172 e. The lowest BCUT2D eigenvalue weighted by molar-refractivity contribution is -0.262. The van der Waals surface area contributed by atoms with E-state index in [2.05, 4.69) is 26.8 Å². The van der Waals surface area contributed by atoms with E-state index in [1.165, 1.54) is 25.7 Å². The minimum absolute atomic E-state index is 0.0752. The fraction of sp³-hybridized carbons (Fsp3) is 0.926. The van der Waals surface area contributed by atoms with Gasteiger partial charge in [0.25, 0.3) is 0 Å². The van der Waals surface area contributed by atoms with E-state index >= 15 is 0 Å². The number of hydrogen-bond donors (Lipinski definition) is 2. The minimum atomic E-state index is -0.483. The van der Waals surface area contributed by atoms with Crippen molar-refractivity contribution in [3.05, 3.63) is 11.6 Å². The first-order valence-corrected chi connectivity index (χ1v) is 13.0. The molecule has 3 saturated carbocycles. The van der Waals surface area contributed by atoms with Crippen molar-refractivity contribution in [3.8, 4) is 0 Å². The molecule has 2 saturated heterocycles. The normalized spacial score (nSPS) is 60.3. The number of rotatable bonds is 1. The van der Waals surface area contributed by atoms with E-state index in [0.29, 0.717) is 28.8 Å². The smallest absolute Gasteiger partial charge is 0.172 e. The van der Waals surface area contributed by atoms with Crippen LogP contribution in [0.1, 0.15) is 85.5 Å². The molecule has 0 aromatic rings. The van der Waals surface area contributed by atoms with Gasteiger partial charge >= 0.3 is 0 Å². The summed E-state index contributed by atoms with van der Waals surface area (Å²) in [6.45, 7) is 9.57. The van der Waals surface area contributed by atoms with Crippen LogP contribution < -0.4 is 0 Å². The van der Waals surface area contributed by atoms with Gasteiger partial charge in [0.15, 0.2) is 5.79 Å². The third-order valence-electron chi connectivity index (χ3n) is 11.5. The molecule has 6 rings (SSSR count). The van der Waals surface area contributed by atoms with Gasteiger partial charge in [-0.25, -0.2) is 0 Å². The van der Waals surface area contributed by atoms with Gasteiger partial charge < -0.3 is 19.7 Å². The molecule has 0 radical (unpaired) electrons. The highest BCUT2D eigenvalue weighted by molar-refractivity contribution is 5.26. The standard InChI is InChI=1S/C27H42O4/c1-16-23-22(30-27(16)12-11-24(2,15-28)31-27)14-21-19-6-5-17-13-18(29)7-9-25(17,3)20(19)8-10-26(21,23)4/h5,16,18-23,28-29H,6-15H2,1-4H3/t16-,18-,19-,20-,21-,22-,23-,24-,25-,26-,27+/m0/s1. The van der Waals surface area contributed by atoms with Crippen LogP contribution in [0.15, 0.2) is 11.6 Å². The Labute approximate surface area is 187 Å². The number of fused-ring (bicyclic) bond motifs is 7. The fourth-order valence-corrected chi connectivity index (χ4v) is 9.79. The molecule has 4 nitrogen and oxygen atoms in total. The van der Waals surface area contributed by atoms with Crippen molar-refractivity contribution in [1.82, 2.24) is 0 Å². The number of allylic oxidation sites excluding steroid dienone is 1. The summed E-state index contributed by atoms with van der Waals surface area (Å²) in [5, 5.41) is 20.1. The van der Waals surface area contributed by atoms with Gasteiger partial charge in [0.1, 0.15) is 0 Å². The van der Waals surface area contributed by atoms with Crippen LogP contribution in [0.4, 0.5) is 0 Å². The highest BCUT2D eigenvalue weighted by Gasteiger charge is 2.70. The molecule has 2 aliphatic heterocycles. The average Bonchev–Trinajstić information content (AvgIpc) is 3.32. The molecule has 2 heterocycles. The van der Waals surface area contributed by atoms with Gasteiger partial charge in [0.2, 0.25) is 0 Å². The van der Waals surface area contributed by atoms with Gasteiger partial charge in [-0.15, -0.1) is 0 Å². The molecule has 174 valence electrons. The number of hydrogen-bond acceptors (Lipinski definition) is 4. The predicted octanol–water partition coefficient (Wildman–Crippen LogP) is 4.83. The molecular formula is C27H42O4. The van der Waals surface area contributed by atoms with E-state index in [1.54, 1.807) is 5.57 Å². The van der Waals surface area contributed by atoms with E-state index in [9.17, 15) is 10.2 Å². The summed E-state index contributed by atoms with van der Waals surface area (Å²) in [4.78, 5) is 0. The number of aliphatic hydroxyl groups is 2. The van der Waals surface area contributed by atoms with E-state index in [4.69, 9.17) is 9.47 Å². The second-order valence-corrected chi connectivity index (χ2v) is 12.9. The highest BCUT2D eigenvalue weighted by Crippen LogP contribution is 2.71. The van der Waals surface area contributed by atoms with Crippen LogP contribution in [-0.4, -0.2) is 40.4 Å².